The molecule has 14 heteroatoms. The minimum Gasteiger partial charge on any atom is -0.313 e. The van der Waals surface area contributed by atoms with E-state index in [9.17, 15) is 57.1 Å². The lowest BCUT2D eigenvalue weighted by molar-refractivity contribution is -0.440. The number of halogens is 13. The molecule has 0 saturated carbocycles. The molecule has 0 aromatic heterocycles. The maximum atomic E-state index is 13.2. The maximum absolute atomic E-state index is 13.2. The standard InChI is InChI=1S/C11H10F13N/c1-2-4-25-5-3-6(12,13)7(14,15)8(16,17)9(18,19)10(20,21)11(22,23)24/h2,25H,1,3-5H2. The van der Waals surface area contributed by atoms with E-state index in [4.69, 9.17) is 0 Å². The van der Waals surface area contributed by atoms with E-state index < -0.39 is 48.8 Å². The van der Waals surface area contributed by atoms with E-state index in [2.05, 4.69) is 6.58 Å². The van der Waals surface area contributed by atoms with Crippen molar-refractivity contribution < 1.29 is 57.1 Å². The van der Waals surface area contributed by atoms with Crippen LogP contribution >= 0.6 is 0 Å². The van der Waals surface area contributed by atoms with Gasteiger partial charge in [0.25, 0.3) is 0 Å². The molecule has 0 radical (unpaired) electrons. The molecule has 150 valence electrons. The number of hydrogen-bond acceptors (Lipinski definition) is 1. The summed E-state index contributed by atoms with van der Waals surface area (Å²) in [7, 11) is 0. The second-order valence-electron chi connectivity index (χ2n) is 4.74. The number of alkyl halides is 13. The Balaban J connectivity index is 5.82. The largest absolute Gasteiger partial charge is 0.460 e. The van der Waals surface area contributed by atoms with Gasteiger partial charge in [-0.2, -0.15) is 57.1 Å². The molecule has 0 aliphatic rings. The summed E-state index contributed by atoms with van der Waals surface area (Å²) < 4.78 is 165. The van der Waals surface area contributed by atoms with Gasteiger partial charge in [-0.15, -0.1) is 6.58 Å². The van der Waals surface area contributed by atoms with E-state index >= 15 is 0 Å². The van der Waals surface area contributed by atoms with Crippen molar-refractivity contribution in [2.45, 2.75) is 42.2 Å². The number of hydrogen-bond donors (Lipinski definition) is 1. The summed E-state index contributed by atoms with van der Waals surface area (Å²) in [4.78, 5) is 0. The van der Waals surface area contributed by atoms with E-state index in [1.165, 1.54) is 0 Å². The van der Waals surface area contributed by atoms with E-state index in [0.717, 1.165) is 6.08 Å². The van der Waals surface area contributed by atoms with Gasteiger partial charge in [0.05, 0.1) is 0 Å². The summed E-state index contributed by atoms with van der Waals surface area (Å²) in [5, 5.41) is 1.92. The van der Waals surface area contributed by atoms with Crippen molar-refractivity contribution in [2.24, 2.45) is 0 Å². The Labute approximate surface area is 131 Å². The Morgan fingerprint density at radius 2 is 1.04 bits per heavy atom. The Morgan fingerprint density at radius 3 is 1.40 bits per heavy atom. The SMILES string of the molecule is C=CCNCCC(F)(F)C(F)(F)C(F)(F)C(F)(F)C(F)(F)C(F)(F)F. The van der Waals surface area contributed by atoms with Crippen molar-refractivity contribution in [3.63, 3.8) is 0 Å². The van der Waals surface area contributed by atoms with Crippen LogP contribution in [0.3, 0.4) is 0 Å². The van der Waals surface area contributed by atoms with Crippen LogP contribution in [-0.4, -0.2) is 48.9 Å². The average Bonchev–Trinajstić information content (AvgIpc) is 2.41. The lowest BCUT2D eigenvalue weighted by atomic mass is 9.92. The van der Waals surface area contributed by atoms with Gasteiger partial charge >= 0.3 is 35.8 Å². The Kier molecular flexibility index (Phi) is 6.50. The molecule has 0 aliphatic carbocycles. The van der Waals surface area contributed by atoms with Crippen LogP contribution in [0.2, 0.25) is 0 Å². The molecule has 0 atom stereocenters. The number of rotatable bonds is 9. The normalized spacial score (nSPS) is 15.4. The zero-order valence-corrected chi connectivity index (χ0v) is 11.8. The molecular weight excluding hydrogens is 393 g/mol. The molecule has 0 aromatic carbocycles. The van der Waals surface area contributed by atoms with Crippen LogP contribution < -0.4 is 5.32 Å². The van der Waals surface area contributed by atoms with Crippen LogP contribution in [0.15, 0.2) is 12.7 Å². The molecule has 0 unspecified atom stereocenters. The van der Waals surface area contributed by atoms with Gasteiger partial charge in [-0.05, 0) is 0 Å². The average molecular weight is 403 g/mol. The second-order valence-corrected chi connectivity index (χ2v) is 4.74. The Hall–Kier alpha value is -1.21. The highest BCUT2D eigenvalue weighted by molar-refractivity contribution is 5.10. The summed E-state index contributed by atoms with van der Waals surface area (Å²) in [6, 6.07) is 0. The van der Waals surface area contributed by atoms with Crippen LogP contribution in [-0.2, 0) is 0 Å². The highest BCUT2D eigenvalue weighted by Crippen LogP contribution is 2.60. The van der Waals surface area contributed by atoms with Crippen LogP contribution in [0.1, 0.15) is 6.42 Å². The number of nitrogens with one attached hydrogen (secondary N) is 1. The minimum absolute atomic E-state index is 0.291. The first-order valence-electron chi connectivity index (χ1n) is 6.08. The van der Waals surface area contributed by atoms with Gasteiger partial charge in [-0.25, -0.2) is 0 Å². The highest BCUT2D eigenvalue weighted by Gasteiger charge is 2.90. The molecular formula is C11H10F13N. The molecule has 0 spiro atoms. The fourth-order valence-corrected chi connectivity index (χ4v) is 1.41. The molecule has 0 aliphatic heterocycles. The first-order valence-corrected chi connectivity index (χ1v) is 6.08. The summed E-state index contributed by atoms with van der Waals surface area (Å²) in [5.41, 5.74) is 0. The van der Waals surface area contributed by atoms with Crippen molar-refractivity contribution in [2.75, 3.05) is 13.1 Å². The van der Waals surface area contributed by atoms with Crippen LogP contribution in [0.4, 0.5) is 57.1 Å². The lowest BCUT2D eigenvalue weighted by Crippen LogP contribution is -2.70. The van der Waals surface area contributed by atoms with Gasteiger partial charge < -0.3 is 5.32 Å². The Morgan fingerprint density at radius 1 is 0.640 bits per heavy atom. The molecule has 25 heavy (non-hydrogen) atoms. The van der Waals surface area contributed by atoms with E-state index in [1.54, 1.807) is 0 Å². The predicted molar refractivity (Wildman–Crippen MR) is 58.5 cm³/mol. The molecule has 0 aromatic rings. The van der Waals surface area contributed by atoms with Gasteiger partial charge in [0.2, 0.25) is 0 Å². The lowest BCUT2D eigenvalue weighted by Gasteiger charge is -2.39. The molecule has 0 bridgehead atoms. The van der Waals surface area contributed by atoms with E-state index in [-0.39, 0.29) is 6.54 Å². The fourth-order valence-electron chi connectivity index (χ4n) is 1.41. The van der Waals surface area contributed by atoms with Gasteiger partial charge in [0.15, 0.2) is 0 Å². The van der Waals surface area contributed by atoms with Crippen molar-refractivity contribution in [3.05, 3.63) is 12.7 Å². The summed E-state index contributed by atoms with van der Waals surface area (Å²) in [5.74, 6) is -36.5. The fraction of sp³-hybridized carbons (Fsp3) is 0.818. The molecule has 0 amide bonds. The first kappa shape index (κ1) is 23.8. The summed E-state index contributed by atoms with van der Waals surface area (Å²) >= 11 is 0. The summed E-state index contributed by atoms with van der Waals surface area (Å²) in [6.45, 7) is 1.59. The molecule has 0 fully saturated rings. The van der Waals surface area contributed by atoms with Gasteiger partial charge in [-0.3, -0.25) is 0 Å². The Bertz CT molecular complexity index is 465. The first-order chi connectivity index (χ1) is 10.8. The summed E-state index contributed by atoms with van der Waals surface area (Å²) in [6.07, 6.45) is -8.63. The predicted octanol–water partition coefficient (Wildman–Crippen LogP) is 4.89. The van der Waals surface area contributed by atoms with Gasteiger partial charge in [0, 0.05) is 19.5 Å². The molecule has 1 N–H and O–H groups in total. The third-order valence-corrected chi connectivity index (χ3v) is 2.90. The molecule has 0 saturated heterocycles. The van der Waals surface area contributed by atoms with E-state index in [0.29, 0.717) is 0 Å². The maximum Gasteiger partial charge on any atom is 0.460 e. The third kappa shape index (κ3) is 3.82. The van der Waals surface area contributed by atoms with Crippen LogP contribution in [0, 0.1) is 0 Å². The zero-order valence-electron chi connectivity index (χ0n) is 11.8. The minimum atomic E-state index is -7.85. The van der Waals surface area contributed by atoms with Gasteiger partial charge in [-0.1, -0.05) is 6.08 Å². The van der Waals surface area contributed by atoms with Crippen molar-refractivity contribution >= 4 is 0 Å². The van der Waals surface area contributed by atoms with Crippen molar-refractivity contribution in [3.8, 4) is 0 Å². The molecule has 0 rings (SSSR count). The molecule has 1 nitrogen and oxygen atoms in total. The van der Waals surface area contributed by atoms with Crippen LogP contribution in [0.5, 0.6) is 0 Å². The van der Waals surface area contributed by atoms with Crippen LogP contribution in [0.25, 0.3) is 0 Å². The second kappa shape index (κ2) is 6.83. The molecule has 0 heterocycles. The third-order valence-electron chi connectivity index (χ3n) is 2.90. The quantitative estimate of drug-likeness (QED) is 0.329. The highest BCUT2D eigenvalue weighted by atomic mass is 19.4. The monoisotopic (exact) mass is 403 g/mol. The topological polar surface area (TPSA) is 12.0 Å². The van der Waals surface area contributed by atoms with Crippen molar-refractivity contribution in [1.82, 2.24) is 5.32 Å². The van der Waals surface area contributed by atoms with Gasteiger partial charge in [0.1, 0.15) is 0 Å². The smallest absolute Gasteiger partial charge is 0.313 e. The van der Waals surface area contributed by atoms with Crippen molar-refractivity contribution in [1.29, 1.82) is 0 Å². The zero-order chi connectivity index (χ0) is 20.5. The van der Waals surface area contributed by atoms with E-state index in [1.807, 2.05) is 5.32 Å².